The van der Waals surface area contributed by atoms with Gasteiger partial charge in [0.15, 0.2) is 0 Å². The summed E-state index contributed by atoms with van der Waals surface area (Å²) >= 11 is 2.71. The van der Waals surface area contributed by atoms with Crippen LogP contribution in [-0.4, -0.2) is 50.4 Å². The standard InChI is InChI=1S/C15H13N3O4S2/c19-8-17-11-13(20)18-12(15(21)22)10(7-24-14(11)18)23-5-3-9-2-1-4-16-6-9/h1-6,8,11,14H,7H2,(H,17,19)(H,21,22)/t11?,14-/m1/s1. The number of β-lactam (4-membered cyclic amide) rings is 1. The van der Waals surface area contributed by atoms with Crippen molar-refractivity contribution in [2.24, 2.45) is 0 Å². The van der Waals surface area contributed by atoms with Gasteiger partial charge >= 0.3 is 5.97 Å². The van der Waals surface area contributed by atoms with Crippen molar-refractivity contribution in [2.75, 3.05) is 5.75 Å². The Morgan fingerprint density at radius 1 is 1.54 bits per heavy atom. The summed E-state index contributed by atoms with van der Waals surface area (Å²) < 4.78 is 0. The lowest BCUT2D eigenvalue weighted by Crippen LogP contribution is -2.69. The summed E-state index contributed by atoms with van der Waals surface area (Å²) in [5.41, 5.74) is 0.896. The molecule has 9 heteroatoms. The zero-order valence-corrected chi connectivity index (χ0v) is 13.9. The molecular formula is C15H13N3O4S2. The van der Waals surface area contributed by atoms with Gasteiger partial charge in [-0.1, -0.05) is 17.8 Å². The summed E-state index contributed by atoms with van der Waals surface area (Å²) in [6, 6.07) is 3.04. The van der Waals surface area contributed by atoms with E-state index in [0.29, 0.717) is 17.1 Å². The van der Waals surface area contributed by atoms with Crippen molar-refractivity contribution in [1.82, 2.24) is 15.2 Å². The lowest BCUT2D eigenvalue weighted by molar-refractivity contribution is -0.149. The lowest BCUT2D eigenvalue weighted by Gasteiger charge is -2.48. The summed E-state index contributed by atoms with van der Waals surface area (Å²) in [5.74, 6) is -1.07. The summed E-state index contributed by atoms with van der Waals surface area (Å²) in [6.45, 7) is 0. The zero-order chi connectivity index (χ0) is 17.1. The molecule has 0 radical (unpaired) electrons. The van der Waals surface area contributed by atoms with Crippen LogP contribution in [0.1, 0.15) is 5.56 Å². The van der Waals surface area contributed by atoms with Crippen LogP contribution >= 0.6 is 23.5 Å². The fourth-order valence-corrected chi connectivity index (χ4v) is 4.81. The van der Waals surface area contributed by atoms with Crippen molar-refractivity contribution in [1.29, 1.82) is 0 Å². The molecule has 3 rings (SSSR count). The largest absolute Gasteiger partial charge is 0.477 e. The fourth-order valence-electron chi connectivity index (χ4n) is 2.44. The third-order valence-corrected chi connectivity index (χ3v) is 5.90. The van der Waals surface area contributed by atoms with Gasteiger partial charge in [0.1, 0.15) is 17.1 Å². The number of fused-ring (bicyclic) bond motifs is 1. The number of carbonyl (C=O) groups excluding carboxylic acids is 2. The van der Waals surface area contributed by atoms with E-state index in [1.165, 1.54) is 28.4 Å². The molecule has 1 unspecified atom stereocenters. The van der Waals surface area contributed by atoms with Gasteiger partial charge in [-0.15, -0.1) is 11.8 Å². The number of thioether (sulfide) groups is 2. The molecule has 0 spiro atoms. The van der Waals surface area contributed by atoms with E-state index in [2.05, 4.69) is 10.3 Å². The van der Waals surface area contributed by atoms with E-state index < -0.39 is 17.9 Å². The maximum atomic E-state index is 12.1. The molecule has 0 aromatic carbocycles. The number of nitrogens with zero attached hydrogens (tertiary/aromatic N) is 2. The number of hydrogen-bond donors (Lipinski definition) is 2. The minimum Gasteiger partial charge on any atom is -0.477 e. The number of carbonyl (C=O) groups is 3. The Morgan fingerprint density at radius 3 is 3.04 bits per heavy atom. The first-order valence-corrected chi connectivity index (χ1v) is 8.90. The monoisotopic (exact) mass is 363 g/mol. The molecule has 2 aliphatic rings. The third-order valence-electron chi connectivity index (χ3n) is 3.54. The second kappa shape index (κ2) is 7.10. The molecule has 0 aliphatic carbocycles. The smallest absolute Gasteiger partial charge is 0.353 e. The summed E-state index contributed by atoms with van der Waals surface area (Å²) in [7, 11) is 0. The molecule has 1 fully saturated rings. The average molecular weight is 363 g/mol. The number of carboxylic acid groups (broad SMARTS) is 1. The Hall–Kier alpha value is -2.26. The van der Waals surface area contributed by atoms with Crippen molar-refractivity contribution >= 4 is 47.9 Å². The normalized spacial score (nSPS) is 23.0. The van der Waals surface area contributed by atoms with Gasteiger partial charge in [0, 0.05) is 23.1 Å². The highest BCUT2D eigenvalue weighted by Crippen LogP contribution is 2.43. The molecule has 1 aromatic rings. The van der Waals surface area contributed by atoms with Gasteiger partial charge in [-0.3, -0.25) is 19.5 Å². The van der Waals surface area contributed by atoms with Crippen LogP contribution in [0.25, 0.3) is 6.08 Å². The minimum absolute atomic E-state index is 0.00599. The molecule has 1 aromatic heterocycles. The van der Waals surface area contributed by atoms with Gasteiger partial charge in [-0.25, -0.2) is 4.79 Å². The number of amides is 2. The maximum Gasteiger partial charge on any atom is 0.353 e. The molecular weight excluding hydrogens is 350 g/mol. The summed E-state index contributed by atoms with van der Waals surface area (Å²) in [6.07, 6.45) is 5.66. The predicted octanol–water partition coefficient (Wildman–Crippen LogP) is 1.11. The number of aromatic nitrogens is 1. The molecule has 0 bridgehead atoms. The number of rotatable bonds is 6. The first-order chi connectivity index (χ1) is 11.6. The first kappa shape index (κ1) is 16.6. The lowest BCUT2D eigenvalue weighted by atomic mass is 10.1. The third kappa shape index (κ3) is 3.04. The first-order valence-electron chi connectivity index (χ1n) is 6.97. The Bertz CT molecular complexity index is 735. The van der Waals surface area contributed by atoms with Crippen LogP contribution in [0.2, 0.25) is 0 Å². The second-order valence-electron chi connectivity index (χ2n) is 4.96. The van der Waals surface area contributed by atoms with Crippen LogP contribution in [0, 0.1) is 0 Å². The van der Waals surface area contributed by atoms with Crippen molar-refractivity contribution < 1.29 is 19.5 Å². The molecule has 2 N–H and O–H groups in total. The highest BCUT2D eigenvalue weighted by molar-refractivity contribution is 8.08. The van der Waals surface area contributed by atoms with E-state index in [1.807, 2.05) is 18.2 Å². The van der Waals surface area contributed by atoms with Gasteiger partial charge in [0.25, 0.3) is 5.91 Å². The van der Waals surface area contributed by atoms with Crippen LogP contribution in [0.3, 0.4) is 0 Å². The summed E-state index contributed by atoms with van der Waals surface area (Å²) in [5, 5.41) is 13.3. The van der Waals surface area contributed by atoms with E-state index in [4.69, 9.17) is 0 Å². The Balaban J connectivity index is 1.78. The van der Waals surface area contributed by atoms with Gasteiger partial charge in [-0.2, -0.15) is 0 Å². The molecule has 124 valence electrons. The van der Waals surface area contributed by atoms with Gasteiger partial charge in [0.05, 0.1) is 0 Å². The molecule has 2 atom stereocenters. The SMILES string of the molecule is O=CNC1C(=O)N2C(C(=O)O)=C(SC=Cc3cccnc3)CS[C@H]12. The highest BCUT2D eigenvalue weighted by atomic mass is 32.2. The van der Waals surface area contributed by atoms with Crippen LogP contribution < -0.4 is 5.32 Å². The van der Waals surface area contributed by atoms with Crippen molar-refractivity contribution in [3.8, 4) is 0 Å². The molecule has 1 saturated heterocycles. The van der Waals surface area contributed by atoms with Gasteiger partial charge in [0.2, 0.25) is 6.41 Å². The number of carboxylic acids is 1. The van der Waals surface area contributed by atoms with Crippen LogP contribution in [0.4, 0.5) is 0 Å². The Morgan fingerprint density at radius 2 is 2.38 bits per heavy atom. The summed E-state index contributed by atoms with van der Waals surface area (Å²) in [4.78, 5) is 40.1. The Kier molecular flexibility index (Phi) is 4.91. The molecule has 7 nitrogen and oxygen atoms in total. The predicted molar refractivity (Wildman–Crippen MR) is 91.6 cm³/mol. The number of pyridine rings is 1. The Labute approximate surface area is 146 Å². The number of aliphatic carboxylic acids is 1. The quantitative estimate of drug-likeness (QED) is 0.577. The molecule has 24 heavy (non-hydrogen) atoms. The van der Waals surface area contributed by atoms with E-state index in [9.17, 15) is 19.5 Å². The molecule has 3 heterocycles. The van der Waals surface area contributed by atoms with Gasteiger partial charge in [-0.05, 0) is 23.1 Å². The average Bonchev–Trinajstić information content (AvgIpc) is 2.59. The fraction of sp³-hybridized carbons (Fsp3) is 0.200. The molecule has 2 aliphatic heterocycles. The second-order valence-corrected chi connectivity index (χ2v) is 7.06. The van der Waals surface area contributed by atoms with Crippen molar-refractivity contribution in [2.45, 2.75) is 11.4 Å². The molecule has 0 saturated carbocycles. The molecule has 2 amide bonds. The number of nitrogens with one attached hydrogen (secondary N) is 1. The van der Waals surface area contributed by atoms with E-state index >= 15 is 0 Å². The van der Waals surface area contributed by atoms with E-state index in [0.717, 1.165) is 5.56 Å². The van der Waals surface area contributed by atoms with Crippen LogP contribution in [-0.2, 0) is 14.4 Å². The topological polar surface area (TPSA) is 99.6 Å². The van der Waals surface area contributed by atoms with Crippen LogP contribution in [0.15, 0.2) is 40.5 Å². The minimum atomic E-state index is -1.14. The van der Waals surface area contributed by atoms with Crippen molar-refractivity contribution in [3.63, 3.8) is 0 Å². The maximum absolute atomic E-state index is 12.1. The number of hydrogen-bond acceptors (Lipinski definition) is 6. The van der Waals surface area contributed by atoms with E-state index in [-0.39, 0.29) is 11.1 Å². The van der Waals surface area contributed by atoms with Gasteiger partial charge < -0.3 is 10.4 Å². The zero-order valence-electron chi connectivity index (χ0n) is 12.3. The highest BCUT2D eigenvalue weighted by Gasteiger charge is 2.53. The van der Waals surface area contributed by atoms with Crippen LogP contribution in [0.5, 0.6) is 0 Å². The van der Waals surface area contributed by atoms with E-state index in [1.54, 1.807) is 17.8 Å². The van der Waals surface area contributed by atoms with Crippen molar-refractivity contribution in [3.05, 3.63) is 46.1 Å².